The SMILES string of the molecule is Cc1cc(C)c(S(N)(=O)=O)c(C)c1C(=O)OC1CCCC1. The van der Waals surface area contributed by atoms with E-state index in [1.54, 1.807) is 26.8 Å². The van der Waals surface area contributed by atoms with Crippen molar-refractivity contribution < 1.29 is 17.9 Å². The summed E-state index contributed by atoms with van der Waals surface area (Å²) in [6.07, 6.45) is 3.81. The molecule has 0 heterocycles. The maximum atomic E-state index is 12.4. The normalized spacial score (nSPS) is 16.2. The molecule has 0 aliphatic heterocycles. The number of ether oxygens (including phenoxy) is 1. The van der Waals surface area contributed by atoms with Gasteiger partial charge in [0.2, 0.25) is 10.0 Å². The number of carbonyl (C=O) groups is 1. The Balaban J connectivity index is 2.45. The van der Waals surface area contributed by atoms with Crippen LogP contribution < -0.4 is 5.14 Å². The third kappa shape index (κ3) is 3.27. The van der Waals surface area contributed by atoms with E-state index in [9.17, 15) is 13.2 Å². The first-order valence-electron chi connectivity index (χ1n) is 7.06. The second-order valence-electron chi connectivity index (χ2n) is 5.70. The molecule has 1 aromatic carbocycles. The zero-order chi connectivity index (χ0) is 15.8. The number of hydrogen-bond donors (Lipinski definition) is 1. The van der Waals surface area contributed by atoms with Crippen molar-refractivity contribution in [2.75, 3.05) is 0 Å². The molecule has 0 bridgehead atoms. The minimum Gasteiger partial charge on any atom is -0.459 e. The van der Waals surface area contributed by atoms with Crippen LogP contribution >= 0.6 is 0 Å². The summed E-state index contributed by atoms with van der Waals surface area (Å²) < 4.78 is 29.0. The van der Waals surface area contributed by atoms with Crippen molar-refractivity contribution in [2.45, 2.75) is 57.5 Å². The van der Waals surface area contributed by atoms with E-state index in [0.29, 0.717) is 22.3 Å². The smallest absolute Gasteiger partial charge is 0.338 e. The standard InChI is InChI=1S/C15H21NO4S/c1-9-8-10(2)14(21(16,18)19)11(3)13(9)15(17)20-12-6-4-5-7-12/h8,12H,4-7H2,1-3H3,(H2,16,18,19). The molecule has 0 radical (unpaired) electrons. The van der Waals surface area contributed by atoms with Gasteiger partial charge >= 0.3 is 5.97 Å². The summed E-state index contributed by atoms with van der Waals surface area (Å²) in [5.74, 6) is -0.457. The predicted molar refractivity (Wildman–Crippen MR) is 79.7 cm³/mol. The van der Waals surface area contributed by atoms with Crippen LogP contribution in [0.25, 0.3) is 0 Å². The Morgan fingerprint density at radius 2 is 1.76 bits per heavy atom. The van der Waals surface area contributed by atoms with Gasteiger partial charge in [0.25, 0.3) is 0 Å². The Morgan fingerprint density at radius 1 is 1.19 bits per heavy atom. The number of esters is 1. The summed E-state index contributed by atoms with van der Waals surface area (Å²) in [4.78, 5) is 12.4. The van der Waals surface area contributed by atoms with Gasteiger partial charge < -0.3 is 4.74 Å². The summed E-state index contributed by atoms with van der Waals surface area (Å²) >= 11 is 0. The number of rotatable bonds is 3. The fourth-order valence-electron chi connectivity index (χ4n) is 3.14. The fraction of sp³-hybridized carbons (Fsp3) is 0.533. The second-order valence-corrected chi connectivity index (χ2v) is 7.19. The van der Waals surface area contributed by atoms with E-state index in [2.05, 4.69) is 0 Å². The van der Waals surface area contributed by atoms with E-state index in [-0.39, 0.29) is 11.0 Å². The van der Waals surface area contributed by atoms with Crippen LogP contribution in [-0.4, -0.2) is 20.5 Å². The maximum Gasteiger partial charge on any atom is 0.338 e. The average Bonchev–Trinajstić information content (AvgIpc) is 2.78. The van der Waals surface area contributed by atoms with E-state index in [1.165, 1.54) is 0 Å². The van der Waals surface area contributed by atoms with E-state index in [0.717, 1.165) is 25.7 Å². The molecule has 21 heavy (non-hydrogen) atoms. The molecule has 1 aromatic rings. The largest absolute Gasteiger partial charge is 0.459 e. The van der Waals surface area contributed by atoms with Crippen molar-refractivity contribution >= 4 is 16.0 Å². The van der Waals surface area contributed by atoms with E-state index >= 15 is 0 Å². The molecule has 1 fully saturated rings. The molecule has 6 heteroatoms. The van der Waals surface area contributed by atoms with Crippen molar-refractivity contribution in [1.82, 2.24) is 0 Å². The summed E-state index contributed by atoms with van der Waals surface area (Å²) in [5, 5.41) is 5.26. The highest BCUT2D eigenvalue weighted by atomic mass is 32.2. The molecular formula is C15H21NO4S. The number of sulfonamides is 1. The summed E-state index contributed by atoms with van der Waals surface area (Å²) in [6.45, 7) is 5.05. The summed E-state index contributed by atoms with van der Waals surface area (Å²) in [6, 6.07) is 1.66. The lowest BCUT2D eigenvalue weighted by Crippen LogP contribution is -2.21. The Morgan fingerprint density at radius 3 is 2.29 bits per heavy atom. The lowest BCUT2D eigenvalue weighted by molar-refractivity contribution is 0.0316. The first-order valence-corrected chi connectivity index (χ1v) is 8.61. The van der Waals surface area contributed by atoms with Crippen LogP contribution in [0, 0.1) is 20.8 Å². The molecule has 1 aliphatic carbocycles. The number of primary sulfonamides is 1. The summed E-state index contributed by atoms with van der Waals surface area (Å²) in [5.41, 5.74) is 1.94. The van der Waals surface area contributed by atoms with Crippen LogP contribution in [0.2, 0.25) is 0 Å². The van der Waals surface area contributed by atoms with Crippen LogP contribution in [0.15, 0.2) is 11.0 Å². The highest BCUT2D eigenvalue weighted by Crippen LogP contribution is 2.28. The zero-order valence-electron chi connectivity index (χ0n) is 12.6. The number of aryl methyl sites for hydroxylation is 2. The lowest BCUT2D eigenvalue weighted by atomic mass is 9.99. The molecule has 1 saturated carbocycles. The van der Waals surface area contributed by atoms with E-state index in [4.69, 9.17) is 9.88 Å². The number of carbonyl (C=O) groups excluding carboxylic acids is 1. The van der Waals surface area contributed by atoms with E-state index < -0.39 is 16.0 Å². The molecule has 5 nitrogen and oxygen atoms in total. The van der Waals surface area contributed by atoms with Crippen LogP contribution in [0.4, 0.5) is 0 Å². The Bertz CT molecular complexity index is 673. The molecule has 0 atom stereocenters. The van der Waals surface area contributed by atoms with Crippen molar-refractivity contribution in [3.8, 4) is 0 Å². The monoisotopic (exact) mass is 311 g/mol. The highest BCUT2D eigenvalue weighted by Gasteiger charge is 2.26. The van der Waals surface area contributed by atoms with Crippen molar-refractivity contribution in [2.24, 2.45) is 5.14 Å². The third-order valence-corrected chi connectivity index (χ3v) is 5.16. The van der Waals surface area contributed by atoms with Crippen LogP contribution in [0.1, 0.15) is 52.7 Å². The number of nitrogens with two attached hydrogens (primary N) is 1. The highest BCUT2D eigenvalue weighted by molar-refractivity contribution is 7.89. The van der Waals surface area contributed by atoms with Gasteiger partial charge in [-0.3, -0.25) is 0 Å². The zero-order valence-corrected chi connectivity index (χ0v) is 13.4. The van der Waals surface area contributed by atoms with Crippen molar-refractivity contribution in [3.63, 3.8) is 0 Å². The van der Waals surface area contributed by atoms with Crippen molar-refractivity contribution in [3.05, 3.63) is 28.3 Å². The molecule has 0 amide bonds. The quantitative estimate of drug-likeness (QED) is 0.868. The fourth-order valence-corrected chi connectivity index (χ4v) is 4.17. The lowest BCUT2D eigenvalue weighted by Gasteiger charge is -2.17. The van der Waals surface area contributed by atoms with Gasteiger partial charge in [-0.2, -0.15) is 0 Å². The van der Waals surface area contributed by atoms with Crippen molar-refractivity contribution in [1.29, 1.82) is 0 Å². The minimum atomic E-state index is -3.87. The van der Waals surface area contributed by atoms with Gasteiger partial charge in [0.15, 0.2) is 0 Å². The van der Waals surface area contributed by atoms with Gasteiger partial charge in [-0.15, -0.1) is 0 Å². The third-order valence-electron chi connectivity index (χ3n) is 3.97. The molecule has 2 N–H and O–H groups in total. The topological polar surface area (TPSA) is 86.5 Å². The predicted octanol–water partition coefficient (Wildman–Crippen LogP) is 2.36. The number of benzene rings is 1. The Kier molecular flexibility index (Phi) is 4.39. The van der Waals surface area contributed by atoms with Gasteiger partial charge in [0.05, 0.1) is 10.5 Å². The Labute approximate surface area is 125 Å². The first-order chi connectivity index (χ1) is 9.71. The molecule has 0 unspecified atom stereocenters. The Hall–Kier alpha value is -1.40. The molecule has 0 aromatic heterocycles. The average molecular weight is 311 g/mol. The maximum absolute atomic E-state index is 12.4. The molecule has 2 rings (SSSR count). The summed E-state index contributed by atoms with van der Waals surface area (Å²) in [7, 11) is -3.87. The van der Waals surface area contributed by atoms with Crippen LogP contribution in [-0.2, 0) is 14.8 Å². The van der Waals surface area contributed by atoms with Gasteiger partial charge in [-0.25, -0.2) is 18.4 Å². The number of hydrogen-bond acceptors (Lipinski definition) is 4. The van der Waals surface area contributed by atoms with Gasteiger partial charge in [0.1, 0.15) is 6.10 Å². The first kappa shape index (κ1) is 16.0. The molecule has 1 aliphatic rings. The second kappa shape index (κ2) is 5.77. The molecule has 0 saturated heterocycles. The molecule has 116 valence electrons. The van der Waals surface area contributed by atoms with Crippen LogP contribution in [0.3, 0.4) is 0 Å². The van der Waals surface area contributed by atoms with Gasteiger partial charge in [0, 0.05) is 0 Å². The van der Waals surface area contributed by atoms with Crippen LogP contribution in [0.5, 0.6) is 0 Å². The van der Waals surface area contributed by atoms with Gasteiger partial charge in [-0.1, -0.05) is 6.07 Å². The van der Waals surface area contributed by atoms with Gasteiger partial charge in [-0.05, 0) is 63.1 Å². The minimum absolute atomic E-state index is 0.0199. The molecular weight excluding hydrogens is 290 g/mol. The van der Waals surface area contributed by atoms with E-state index in [1.807, 2.05) is 0 Å². The molecule has 0 spiro atoms.